The summed E-state index contributed by atoms with van der Waals surface area (Å²) in [6.07, 6.45) is 15.9. The fourth-order valence-electron chi connectivity index (χ4n) is 1.79. The van der Waals surface area contributed by atoms with Crippen LogP contribution < -0.4 is 22.1 Å². The topological polar surface area (TPSA) is 117 Å². The predicted molar refractivity (Wildman–Crippen MR) is 120 cm³/mol. The van der Waals surface area contributed by atoms with Gasteiger partial charge < -0.3 is 0 Å². The fourth-order valence-corrected chi connectivity index (χ4v) is 6.21. The summed E-state index contributed by atoms with van der Waals surface area (Å²) in [4.78, 5) is 21.5. The molecule has 0 heterocycles. The summed E-state index contributed by atoms with van der Waals surface area (Å²) in [5.74, 6) is 0. The molecule has 6 nitrogen and oxygen atoms in total. The molecule has 0 bridgehead atoms. The molecule has 0 saturated heterocycles. The van der Waals surface area contributed by atoms with Gasteiger partial charge in [-0.2, -0.15) is 0 Å². The SMILES string of the molecule is CC(N)CN/C=C/C=C/CP(O)P(C)(C)(O)C/C=C/C=C/NCC(C)N. The molecule has 8 N–H and O–H groups in total. The zero-order chi connectivity index (χ0) is 20.1. The zero-order valence-corrected chi connectivity index (χ0v) is 18.3. The molecular weight excluding hydrogens is 366 g/mol. The molecule has 0 amide bonds. The van der Waals surface area contributed by atoms with Crippen LogP contribution in [-0.4, -0.2) is 60.6 Å². The average Bonchev–Trinajstić information content (AvgIpc) is 2.51. The minimum atomic E-state index is -3.11. The van der Waals surface area contributed by atoms with E-state index < -0.39 is 14.4 Å². The molecule has 3 atom stereocenters. The Labute approximate surface area is 160 Å². The van der Waals surface area contributed by atoms with Crippen molar-refractivity contribution in [3.63, 3.8) is 0 Å². The van der Waals surface area contributed by atoms with Gasteiger partial charge >= 0.3 is 160 Å². The number of hydrogen-bond acceptors (Lipinski definition) is 6. The quantitative estimate of drug-likeness (QED) is 0.207. The van der Waals surface area contributed by atoms with Crippen molar-refractivity contribution in [1.82, 2.24) is 10.6 Å². The Hall–Kier alpha value is -0.740. The van der Waals surface area contributed by atoms with Gasteiger partial charge in [-0.05, 0) is 0 Å². The summed E-state index contributed by atoms with van der Waals surface area (Å²) in [6, 6.07) is 0.216. The standard InChI is InChI=1S/C18H38N4O2P2/c1-17(19)15-21-11-7-5-9-13-25(23)26(3,4,24)14-10-6-8-12-22-16-18(2)20/h5-12,17-18,21-24H,13-16,19-20H2,1-4H3/b9-5+,10-6+,11-7+,12-8+. The van der Waals surface area contributed by atoms with Crippen molar-refractivity contribution in [1.29, 1.82) is 0 Å². The van der Waals surface area contributed by atoms with Crippen LogP contribution in [0.1, 0.15) is 13.8 Å². The molecule has 0 rings (SSSR count). The second kappa shape index (κ2) is 12.6. The third-order valence-corrected chi connectivity index (χ3v) is 12.0. The Kier molecular flexibility index (Phi) is 12.3. The Balaban J connectivity index is 4.33. The Morgan fingerprint density at radius 3 is 1.85 bits per heavy atom. The van der Waals surface area contributed by atoms with E-state index in [1.807, 2.05) is 76.0 Å². The van der Waals surface area contributed by atoms with Crippen LogP contribution in [0, 0.1) is 0 Å². The normalized spacial score (nSPS) is 18.4. The first kappa shape index (κ1) is 25.3. The van der Waals surface area contributed by atoms with Gasteiger partial charge in [0.15, 0.2) is 0 Å². The van der Waals surface area contributed by atoms with E-state index >= 15 is 0 Å². The first-order valence-electron chi connectivity index (χ1n) is 8.87. The number of nitrogens with one attached hydrogen (secondary N) is 2. The van der Waals surface area contributed by atoms with Crippen LogP contribution in [0.5, 0.6) is 0 Å². The van der Waals surface area contributed by atoms with E-state index in [9.17, 15) is 9.79 Å². The molecule has 0 aromatic rings. The van der Waals surface area contributed by atoms with Crippen LogP contribution in [-0.2, 0) is 0 Å². The van der Waals surface area contributed by atoms with Crippen molar-refractivity contribution in [2.45, 2.75) is 25.9 Å². The summed E-state index contributed by atoms with van der Waals surface area (Å²) in [7, 11) is -1.46. The van der Waals surface area contributed by atoms with Gasteiger partial charge in [0, 0.05) is 0 Å². The van der Waals surface area contributed by atoms with Gasteiger partial charge in [-0.15, -0.1) is 0 Å². The van der Waals surface area contributed by atoms with Gasteiger partial charge in [-0.3, -0.25) is 0 Å². The molecule has 0 radical (unpaired) electrons. The summed E-state index contributed by atoms with van der Waals surface area (Å²) < 4.78 is 0. The van der Waals surface area contributed by atoms with Crippen molar-refractivity contribution in [3.8, 4) is 0 Å². The molecule has 26 heavy (non-hydrogen) atoms. The summed E-state index contributed by atoms with van der Waals surface area (Å²) in [6.45, 7) is 5.82. The van der Waals surface area contributed by atoms with Gasteiger partial charge in [0.25, 0.3) is 0 Å². The Morgan fingerprint density at radius 2 is 1.38 bits per heavy atom. The molecule has 0 aliphatic rings. The average molecular weight is 404 g/mol. The molecule has 3 unspecified atom stereocenters. The van der Waals surface area contributed by atoms with Gasteiger partial charge in [0.1, 0.15) is 0 Å². The summed E-state index contributed by atoms with van der Waals surface area (Å²) in [5, 5.41) is 6.17. The molecule has 0 fully saturated rings. The Morgan fingerprint density at radius 1 is 0.923 bits per heavy atom. The molecule has 0 saturated carbocycles. The summed E-state index contributed by atoms with van der Waals surface area (Å²) in [5.41, 5.74) is 11.3. The molecule has 0 aliphatic carbocycles. The second-order valence-electron chi connectivity index (χ2n) is 7.33. The third kappa shape index (κ3) is 13.5. The van der Waals surface area contributed by atoms with E-state index in [2.05, 4.69) is 10.6 Å². The number of hydrogen-bond donors (Lipinski definition) is 6. The number of rotatable bonds is 13. The van der Waals surface area contributed by atoms with E-state index in [0.717, 1.165) is 13.1 Å². The number of allylic oxidation sites excluding steroid dienone is 6. The van der Waals surface area contributed by atoms with E-state index in [0.29, 0.717) is 12.3 Å². The first-order valence-corrected chi connectivity index (χ1v) is 14.3. The van der Waals surface area contributed by atoms with Gasteiger partial charge in [-0.25, -0.2) is 0 Å². The van der Waals surface area contributed by atoms with Gasteiger partial charge in [-0.1, -0.05) is 0 Å². The van der Waals surface area contributed by atoms with Crippen LogP contribution in [0.15, 0.2) is 48.9 Å². The molecule has 152 valence electrons. The molecule has 8 heteroatoms. The summed E-state index contributed by atoms with van der Waals surface area (Å²) >= 11 is 0. The van der Waals surface area contributed by atoms with Crippen molar-refractivity contribution in [2.24, 2.45) is 11.5 Å². The Bertz CT molecular complexity index is 495. The van der Waals surface area contributed by atoms with Crippen LogP contribution in [0.4, 0.5) is 0 Å². The molecule has 0 aromatic carbocycles. The van der Waals surface area contributed by atoms with Gasteiger partial charge in [0.05, 0.1) is 0 Å². The van der Waals surface area contributed by atoms with Crippen LogP contribution in [0.2, 0.25) is 0 Å². The first-order chi connectivity index (χ1) is 12.0. The maximum atomic E-state index is 10.9. The minimum absolute atomic E-state index is 0.107. The van der Waals surface area contributed by atoms with Crippen LogP contribution in [0.3, 0.4) is 0 Å². The van der Waals surface area contributed by atoms with Crippen LogP contribution in [0.25, 0.3) is 0 Å². The fraction of sp³-hybridized carbons (Fsp3) is 0.556. The second-order valence-corrected chi connectivity index (χ2v) is 18.5. The monoisotopic (exact) mass is 404 g/mol. The molecule has 0 aliphatic heterocycles. The zero-order valence-electron chi connectivity index (χ0n) is 16.5. The maximum absolute atomic E-state index is 10.9. The molecule has 0 spiro atoms. The molecule has 0 aromatic heterocycles. The number of nitrogens with two attached hydrogens (primary N) is 2. The van der Waals surface area contributed by atoms with E-state index in [-0.39, 0.29) is 12.1 Å². The van der Waals surface area contributed by atoms with Crippen molar-refractivity contribution in [3.05, 3.63) is 48.9 Å². The van der Waals surface area contributed by atoms with Crippen molar-refractivity contribution in [2.75, 3.05) is 38.7 Å². The molecular formula is C18H38N4O2P2. The van der Waals surface area contributed by atoms with E-state index in [1.165, 1.54) is 0 Å². The van der Waals surface area contributed by atoms with Crippen LogP contribution >= 0.6 is 14.4 Å². The van der Waals surface area contributed by atoms with Crippen molar-refractivity contribution >= 4 is 14.4 Å². The van der Waals surface area contributed by atoms with Crippen molar-refractivity contribution < 1.29 is 9.79 Å². The third-order valence-electron chi connectivity index (χ3n) is 3.43. The van der Waals surface area contributed by atoms with E-state index in [1.54, 1.807) is 0 Å². The van der Waals surface area contributed by atoms with Gasteiger partial charge in [0.2, 0.25) is 0 Å². The van der Waals surface area contributed by atoms with E-state index in [4.69, 9.17) is 11.5 Å². The predicted octanol–water partition coefficient (Wildman–Crippen LogP) is 2.02.